The first kappa shape index (κ1) is 4.25. The van der Waals surface area contributed by atoms with Crippen molar-refractivity contribution in [3.05, 3.63) is 42.8 Å². The van der Waals surface area contributed by atoms with Gasteiger partial charge in [-0.15, -0.1) is 12.1 Å². The molecule has 0 aromatic heterocycles. The van der Waals surface area contributed by atoms with Crippen LogP contribution in [-0.2, 0) is 0 Å². The quantitative estimate of drug-likeness (QED) is 0.426. The van der Waals surface area contributed by atoms with Crippen molar-refractivity contribution in [3.8, 4) is 0 Å². The van der Waals surface area contributed by atoms with Crippen LogP contribution in [0.3, 0.4) is 0 Å². The lowest BCUT2D eigenvalue weighted by molar-refractivity contribution is 1.62. The van der Waals surface area contributed by atoms with E-state index in [-0.39, 0.29) is 0 Å². The molecule has 0 spiro atoms. The summed E-state index contributed by atoms with van der Waals surface area (Å²) in [4.78, 5) is 0. The monoisotopic (exact) mass is 90.0 g/mol. The molecular formula is C7H6-. The van der Waals surface area contributed by atoms with Gasteiger partial charge < -0.3 is 0 Å². The highest BCUT2D eigenvalue weighted by atomic mass is 13.8. The minimum Gasteiger partial charge on any atom is -0.219 e. The number of hydrogen-bond donors (Lipinski definition) is 0. The Morgan fingerprint density at radius 1 is 1.00 bits per heavy atom. The van der Waals surface area contributed by atoms with E-state index in [1.807, 2.05) is 30.3 Å². The summed E-state index contributed by atoms with van der Waals surface area (Å²) in [5.41, 5.74) is 0.822. The van der Waals surface area contributed by atoms with Crippen LogP contribution in [0.1, 0.15) is 5.56 Å². The van der Waals surface area contributed by atoms with Gasteiger partial charge in [0.2, 0.25) is 0 Å². The molecule has 0 saturated carbocycles. The van der Waals surface area contributed by atoms with Gasteiger partial charge in [-0.3, -0.25) is 0 Å². The van der Waals surface area contributed by atoms with Gasteiger partial charge in [-0.05, 0) is 0 Å². The molecule has 0 N–H and O–H groups in total. The molecule has 0 amide bonds. The van der Waals surface area contributed by atoms with Gasteiger partial charge in [-0.1, -0.05) is 6.07 Å². The van der Waals surface area contributed by atoms with Crippen molar-refractivity contribution in [1.29, 1.82) is 0 Å². The first-order valence-electron chi connectivity index (χ1n) is 2.20. The van der Waals surface area contributed by atoms with Crippen molar-refractivity contribution in [3.63, 3.8) is 0 Å². The van der Waals surface area contributed by atoms with Crippen LogP contribution in [0.4, 0.5) is 0 Å². The predicted molar refractivity (Wildman–Crippen MR) is 29.8 cm³/mol. The zero-order valence-electron chi connectivity index (χ0n) is 3.96. The highest BCUT2D eigenvalue weighted by Gasteiger charge is 1.61. The Morgan fingerprint density at radius 3 is 1.86 bits per heavy atom. The van der Waals surface area contributed by atoms with Crippen LogP contribution in [0.25, 0.3) is 0 Å². The van der Waals surface area contributed by atoms with E-state index in [2.05, 4.69) is 0 Å². The summed E-state index contributed by atoms with van der Waals surface area (Å²) in [5.74, 6) is 0. The Hall–Kier alpha value is -0.910. The summed E-state index contributed by atoms with van der Waals surface area (Å²) in [6.07, 6.45) is 0. The molecule has 7 heavy (non-hydrogen) atoms. The smallest absolute Gasteiger partial charge is 0.0866 e. The summed E-state index contributed by atoms with van der Waals surface area (Å²) in [7, 11) is 0. The first-order chi connectivity index (χ1) is 3.39. The molecule has 0 nitrogen and oxygen atoms in total. The molecule has 0 fully saturated rings. The molecule has 0 aliphatic heterocycles. The van der Waals surface area contributed by atoms with Gasteiger partial charge in [0.05, 0.1) is 0 Å². The summed E-state index contributed by atoms with van der Waals surface area (Å²) in [5, 5.41) is 0. The number of hydrogen-bond acceptors (Lipinski definition) is 0. The van der Waals surface area contributed by atoms with Gasteiger partial charge in [-0.2, -0.15) is 12.1 Å². The first-order valence-corrected chi connectivity index (χ1v) is 2.20. The van der Waals surface area contributed by atoms with E-state index in [0.717, 1.165) is 5.56 Å². The third-order valence-electron chi connectivity index (χ3n) is 0.800. The Labute approximate surface area is 43.8 Å². The van der Waals surface area contributed by atoms with Crippen LogP contribution in [0.2, 0.25) is 0 Å². The molecule has 0 saturated heterocycles. The average Bonchev–Trinajstić information content (AvgIpc) is 1.69. The van der Waals surface area contributed by atoms with Crippen LogP contribution in [-0.4, -0.2) is 0 Å². The van der Waals surface area contributed by atoms with Crippen LogP contribution < -0.4 is 0 Å². The molecule has 35 valence electrons. The summed E-state index contributed by atoms with van der Waals surface area (Å²) < 4.78 is 0. The van der Waals surface area contributed by atoms with E-state index in [9.17, 15) is 0 Å². The Morgan fingerprint density at radius 2 is 1.57 bits per heavy atom. The van der Waals surface area contributed by atoms with Gasteiger partial charge in [0, 0.05) is 0 Å². The van der Waals surface area contributed by atoms with E-state index in [0.29, 0.717) is 0 Å². The molecule has 0 unspecified atom stereocenters. The lowest BCUT2D eigenvalue weighted by atomic mass is 10.2. The molecule has 0 aliphatic carbocycles. The molecule has 0 atom stereocenters. The molecular weight excluding hydrogens is 84.1 g/mol. The van der Waals surface area contributed by atoms with Crippen molar-refractivity contribution in [2.75, 3.05) is 0 Å². The van der Waals surface area contributed by atoms with Crippen molar-refractivity contribution in [2.45, 2.75) is 0 Å². The third-order valence-corrected chi connectivity index (χ3v) is 0.800. The van der Waals surface area contributed by atoms with Gasteiger partial charge in [0.1, 0.15) is 0 Å². The lowest BCUT2D eigenvalue weighted by Gasteiger charge is -1.93. The van der Waals surface area contributed by atoms with E-state index in [4.69, 9.17) is 6.92 Å². The zero-order chi connectivity index (χ0) is 5.11. The molecule has 1 radical (unpaired) electrons. The Balaban J connectivity index is 3.02. The van der Waals surface area contributed by atoms with Crippen LogP contribution in [0.5, 0.6) is 0 Å². The molecule has 1 aromatic rings. The normalized spacial score (nSPS) is 8.57. The van der Waals surface area contributed by atoms with Crippen molar-refractivity contribution in [1.82, 2.24) is 0 Å². The van der Waals surface area contributed by atoms with Crippen molar-refractivity contribution >= 4 is 0 Å². The van der Waals surface area contributed by atoms with Gasteiger partial charge in [0.25, 0.3) is 0 Å². The van der Waals surface area contributed by atoms with Crippen LogP contribution in [0.15, 0.2) is 30.3 Å². The number of rotatable bonds is 0. The van der Waals surface area contributed by atoms with E-state index < -0.39 is 0 Å². The SMILES string of the molecule is [CH-]c1ccccc1. The highest BCUT2D eigenvalue weighted by Crippen LogP contribution is 1.92. The third kappa shape index (κ3) is 0.967. The summed E-state index contributed by atoms with van der Waals surface area (Å²) in [6, 6.07) is 9.49. The number of benzene rings is 1. The van der Waals surface area contributed by atoms with Crippen molar-refractivity contribution in [2.24, 2.45) is 0 Å². The second-order valence-electron chi connectivity index (χ2n) is 1.41. The fourth-order valence-corrected chi connectivity index (χ4v) is 0.453. The van der Waals surface area contributed by atoms with Gasteiger partial charge in [0.15, 0.2) is 0 Å². The average molecular weight is 90.1 g/mol. The maximum absolute atomic E-state index is 5.36. The van der Waals surface area contributed by atoms with Crippen LogP contribution >= 0.6 is 0 Å². The maximum Gasteiger partial charge on any atom is -0.0866 e. The topological polar surface area (TPSA) is 0 Å². The molecule has 1 rings (SSSR count). The minimum absolute atomic E-state index is 0.822. The van der Waals surface area contributed by atoms with Crippen molar-refractivity contribution < 1.29 is 0 Å². The standard InChI is InChI=1S/C7H6/c1-7-5-3-2-4-6-7/h1-6H/q-1. The largest absolute Gasteiger partial charge is 0.219 e. The molecule has 0 bridgehead atoms. The fourth-order valence-electron chi connectivity index (χ4n) is 0.453. The second kappa shape index (κ2) is 1.69. The van der Waals surface area contributed by atoms with E-state index in [1.165, 1.54) is 0 Å². The Bertz CT molecular complexity index is 130. The van der Waals surface area contributed by atoms with Gasteiger partial charge in [-0.25, -0.2) is 12.5 Å². The molecule has 0 heterocycles. The molecule has 0 aliphatic rings. The predicted octanol–water partition coefficient (Wildman–Crippen LogP) is 1.75. The summed E-state index contributed by atoms with van der Waals surface area (Å²) in [6.45, 7) is 5.36. The highest BCUT2D eigenvalue weighted by molar-refractivity contribution is 5.16. The maximum atomic E-state index is 5.36. The zero-order valence-corrected chi connectivity index (χ0v) is 3.96. The van der Waals surface area contributed by atoms with Gasteiger partial charge >= 0.3 is 0 Å². The van der Waals surface area contributed by atoms with E-state index in [1.54, 1.807) is 0 Å². The van der Waals surface area contributed by atoms with E-state index >= 15 is 0 Å². The molecule has 0 heteroatoms. The lowest BCUT2D eigenvalue weighted by Crippen LogP contribution is -1.62. The Kier molecular flexibility index (Phi) is 1.03. The second-order valence-corrected chi connectivity index (χ2v) is 1.41. The summed E-state index contributed by atoms with van der Waals surface area (Å²) >= 11 is 0. The van der Waals surface area contributed by atoms with Crippen LogP contribution in [0, 0.1) is 6.92 Å². The minimum atomic E-state index is 0.822. The fraction of sp³-hybridized carbons (Fsp3) is 0. The molecule has 1 aromatic carbocycles.